The molecule has 0 saturated heterocycles. The molecule has 0 aliphatic heterocycles. The van der Waals surface area contributed by atoms with Gasteiger partial charge < -0.3 is 4.43 Å². The van der Waals surface area contributed by atoms with Crippen molar-refractivity contribution in [2.24, 2.45) is 0 Å². The molecule has 0 fully saturated rings. The maximum atomic E-state index is 13.6. The van der Waals surface area contributed by atoms with Gasteiger partial charge in [-0.2, -0.15) is 92.2 Å². The Bertz CT molecular complexity index is 820. The molecule has 0 spiro atoms. The van der Waals surface area contributed by atoms with Gasteiger partial charge in [0.15, 0.2) is 8.32 Å². The van der Waals surface area contributed by atoms with Gasteiger partial charge in [0.1, 0.15) is 6.61 Å². The van der Waals surface area contributed by atoms with E-state index in [2.05, 4.69) is 4.43 Å². The molecule has 0 rings (SSSR count). The van der Waals surface area contributed by atoms with Gasteiger partial charge in [0.05, 0.1) is 0 Å². The molecule has 0 unspecified atom stereocenters. The smallest absolute Gasteiger partial charge is 0.411 e. The third-order valence-electron chi connectivity index (χ3n) is 4.26. The zero-order valence-electron chi connectivity index (χ0n) is 17.6. The van der Waals surface area contributed by atoms with E-state index in [4.69, 9.17) is 0 Å². The molecule has 0 N–H and O–H groups in total. The molecule has 0 aliphatic rings. The van der Waals surface area contributed by atoms with Crippen molar-refractivity contribution >= 4 is 8.32 Å². The predicted octanol–water partition coefficient (Wildman–Crippen LogP) is 8.12. The van der Waals surface area contributed by atoms with Crippen molar-refractivity contribution in [2.75, 3.05) is 6.61 Å². The van der Waals surface area contributed by atoms with Crippen LogP contribution >= 0.6 is 0 Å². The van der Waals surface area contributed by atoms with Gasteiger partial charge in [0.2, 0.25) is 0 Å². The van der Waals surface area contributed by atoms with E-state index >= 15 is 0 Å². The summed E-state index contributed by atoms with van der Waals surface area (Å²) in [5, 5.41) is 0. The van der Waals surface area contributed by atoms with Gasteiger partial charge in [-0.05, 0) is 19.6 Å². The molecule has 224 valence electrons. The minimum absolute atomic E-state index is 0.877. The van der Waals surface area contributed by atoms with Gasteiger partial charge in [-0.3, -0.25) is 0 Å². The molecule has 0 bridgehead atoms. The average molecular weight is 622 g/mol. The normalized spacial score (nSPS) is 16.9. The molecule has 0 aromatic carbocycles. The van der Waals surface area contributed by atoms with Crippen LogP contribution in [0.4, 0.5) is 92.2 Å². The second-order valence-corrected chi connectivity index (χ2v) is 12.7. The van der Waals surface area contributed by atoms with E-state index < -0.39 is 74.4 Å². The Kier molecular flexibility index (Phi) is 8.55. The van der Waals surface area contributed by atoms with Crippen LogP contribution < -0.4 is 0 Å². The molecule has 0 saturated carbocycles. The minimum atomic E-state index is -9.16. The first kappa shape index (κ1) is 35.7. The summed E-state index contributed by atoms with van der Waals surface area (Å²) in [6.07, 6.45) is -8.00. The van der Waals surface area contributed by atoms with E-state index in [9.17, 15) is 92.2 Å². The summed E-state index contributed by atoms with van der Waals surface area (Å²) < 4.78 is 281. The largest absolute Gasteiger partial charge is 0.460 e. The fraction of sp³-hybridized carbons (Fsp3) is 1.00. The van der Waals surface area contributed by atoms with E-state index in [1.807, 2.05) is 0 Å². The Morgan fingerprint density at radius 3 is 0.811 bits per heavy atom. The number of hydrogen-bond acceptors (Lipinski definition) is 1. The van der Waals surface area contributed by atoms with Crippen LogP contribution in [0.3, 0.4) is 0 Å². The van der Waals surface area contributed by atoms with Crippen LogP contribution in [0.15, 0.2) is 0 Å². The van der Waals surface area contributed by atoms with E-state index in [1.165, 1.54) is 0 Å². The van der Waals surface area contributed by atoms with Crippen LogP contribution in [0.1, 0.15) is 0 Å². The highest BCUT2D eigenvalue weighted by molar-refractivity contribution is 6.69. The van der Waals surface area contributed by atoms with Gasteiger partial charge >= 0.3 is 59.5 Å². The zero-order valence-corrected chi connectivity index (χ0v) is 18.6. The van der Waals surface area contributed by atoms with E-state index in [1.54, 1.807) is 0 Å². The Labute approximate surface area is 192 Å². The first-order valence-electron chi connectivity index (χ1n) is 8.56. The van der Waals surface area contributed by atoms with Crippen molar-refractivity contribution in [2.45, 2.75) is 79.1 Å². The third-order valence-corrected chi connectivity index (χ3v) is 5.27. The lowest BCUT2D eigenvalue weighted by molar-refractivity contribution is -0.474. The number of rotatable bonds is 11. The van der Waals surface area contributed by atoms with Gasteiger partial charge in [-0.25, -0.2) is 0 Å². The molecule has 0 atom stereocenters. The highest BCUT2D eigenvalue weighted by atomic mass is 28.4. The van der Waals surface area contributed by atoms with Crippen LogP contribution in [0.25, 0.3) is 0 Å². The van der Waals surface area contributed by atoms with E-state index in [-0.39, 0.29) is 0 Å². The summed E-state index contributed by atoms with van der Waals surface area (Å²) in [4.78, 5) is 0. The first-order chi connectivity index (χ1) is 15.5. The van der Waals surface area contributed by atoms with Crippen molar-refractivity contribution in [3.05, 3.63) is 0 Å². The molecule has 0 aromatic rings. The second-order valence-electron chi connectivity index (χ2n) is 8.20. The molecular formula is C14H11F21OSi. The molecule has 23 heteroatoms. The van der Waals surface area contributed by atoms with Gasteiger partial charge in [-0.1, -0.05) is 0 Å². The summed E-state index contributed by atoms with van der Waals surface area (Å²) in [5.41, 5.74) is 0. The van der Waals surface area contributed by atoms with Crippen molar-refractivity contribution < 1.29 is 96.6 Å². The lowest BCUT2D eigenvalue weighted by Gasteiger charge is -2.44. The fourth-order valence-electron chi connectivity index (χ4n) is 1.99. The van der Waals surface area contributed by atoms with E-state index in [0.717, 1.165) is 19.6 Å². The Morgan fingerprint density at radius 2 is 0.595 bits per heavy atom. The quantitative estimate of drug-likeness (QED) is 0.167. The van der Waals surface area contributed by atoms with Gasteiger partial charge in [0.25, 0.3) is 0 Å². The highest BCUT2D eigenvalue weighted by Crippen LogP contribution is 2.66. The minimum Gasteiger partial charge on any atom is -0.411 e. The van der Waals surface area contributed by atoms with Gasteiger partial charge in [0, 0.05) is 0 Å². The summed E-state index contributed by atoms with van der Waals surface area (Å²) in [6.45, 7) is -0.375. The summed E-state index contributed by atoms with van der Waals surface area (Å²) >= 11 is 0. The number of hydrogen-bond donors (Lipinski definition) is 0. The lowest BCUT2D eigenvalue weighted by atomic mass is 9.86. The summed E-state index contributed by atoms with van der Waals surface area (Å²) in [7, 11) is -3.46. The monoisotopic (exact) mass is 622 g/mol. The van der Waals surface area contributed by atoms with E-state index in [0.29, 0.717) is 0 Å². The molecule has 0 amide bonds. The van der Waals surface area contributed by atoms with Crippen LogP contribution in [-0.4, -0.2) is 74.4 Å². The summed E-state index contributed by atoms with van der Waals surface area (Å²) in [5.74, 6) is -76.9. The number of halogens is 21. The van der Waals surface area contributed by atoms with Gasteiger partial charge in [-0.15, -0.1) is 0 Å². The molecule has 0 aromatic heterocycles. The SMILES string of the molecule is C[Si](C)(C)OCC(F)(F)C(F)(F)C(F)(F)C(F)(F)C(F)(F)C(F)(F)C(F)(F)C(F)(F)C(F)(F)C(F)(F)F. The van der Waals surface area contributed by atoms with Crippen molar-refractivity contribution in [3.8, 4) is 0 Å². The molecule has 1 nitrogen and oxygen atoms in total. The molecule has 0 heterocycles. The lowest BCUT2D eigenvalue weighted by Crippen LogP contribution is -2.77. The highest BCUT2D eigenvalue weighted by Gasteiger charge is 2.97. The second kappa shape index (κ2) is 8.86. The maximum absolute atomic E-state index is 13.6. The summed E-state index contributed by atoms with van der Waals surface area (Å²) in [6, 6.07) is 0. The zero-order chi connectivity index (χ0) is 30.9. The third kappa shape index (κ3) is 4.94. The molecule has 0 aliphatic carbocycles. The Balaban J connectivity index is 6.95. The number of alkyl halides is 21. The first-order valence-corrected chi connectivity index (χ1v) is 12.0. The van der Waals surface area contributed by atoms with Crippen LogP contribution in [0.5, 0.6) is 0 Å². The molecular weight excluding hydrogens is 611 g/mol. The predicted molar refractivity (Wildman–Crippen MR) is 79.9 cm³/mol. The van der Waals surface area contributed by atoms with Crippen LogP contribution in [0.2, 0.25) is 19.6 Å². The maximum Gasteiger partial charge on any atom is 0.460 e. The van der Waals surface area contributed by atoms with Crippen molar-refractivity contribution in [1.29, 1.82) is 0 Å². The topological polar surface area (TPSA) is 9.23 Å². The standard InChI is InChI=1S/C14H11F21OSi/c1-37(2,3)36-4-5(15,16)6(17,18)7(19,20)8(21,22)9(23,24)10(25,26)11(27,28)12(29,30)13(31,32)14(33,34)35/h4H2,1-3H3. The fourth-order valence-corrected chi connectivity index (χ4v) is 2.60. The molecule has 37 heavy (non-hydrogen) atoms. The Hall–Kier alpha value is -1.29. The van der Waals surface area contributed by atoms with Crippen molar-refractivity contribution in [1.82, 2.24) is 0 Å². The van der Waals surface area contributed by atoms with Crippen LogP contribution in [0, 0.1) is 0 Å². The molecule has 0 radical (unpaired) electrons. The Morgan fingerprint density at radius 1 is 0.378 bits per heavy atom. The van der Waals surface area contributed by atoms with Crippen molar-refractivity contribution in [3.63, 3.8) is 0 Å². The van der Waals surface area contributed by atoms with Crippen LogP contribution in [-0.2, 0) is 4.43 Å². The average Bonchev–Trinajstić information content (AvgIpc) is 2.63.